The molecule has 0 aliphatic heterocycles. The van der Waals surface area contributed by atoms with Crippen LogP contribution in [0.15, 0.2) is 53.1 Å². The zero-order valence-corrected chi connectivity index (χ0v) is 21.8. The highest BCUT2D eigenvalue weighted by atomic mass is 35.5. The van der Waals surface area contributed by atoms with Crippen molar-refractivity contribution >= 4 is 35.3 Å². The summed E-state index contributed by atoms with van der Waals surface area (Å²) in [6.07, 6.45) is 2.31. The standard InChI is InChI=1S/C15H22N2O.C11H7Cl2NO4/c1-17(2)15(13-6-4-3-5-7-13)10-8-12(9-11-15)14(16)18;1-5-10(17-11(15)16)9(14-18-5)8-6(12)3-2-4-7(8)13/h3-7,12H,8-11H2,1-2H3,(H2,16,18);2-4H,1H3,(H,15,16). The molecule has 3 aromatic rings. The van der Waals surface area contributed by atoms with Gasteiger partial charge in [-0.1, -0.05) is 64.8 Å². The van der Waals surface area contributed by atoms with Crippen molar-refractivity contribution in [3.63, 3.8) is 0 Å². The second-order valence-corrected chi connectivity index (χ2v) is 9.66. The number of nitrogens with two attached hydrogens (primary N) is 1. The Hall–Kier alpha value is -3.07. The Morgan fingerprint density at radius 3 is 2.17 bits per heavy atom. The molecule has 1 amide bonds. The summed E-state index contributed by atoms with van der Waals surface area (Å²) in [4.78, 5) is 24.2. The van der Waals surface area contributed by atoms with Gasteiger partial charge in [-0.3, -0.25) is 9.69 Å². The SMILES string of the molecule is CN(C)C1(c2ccccc2)CCC(C(N)=O)CC1.Cc1onc(-c2c(Cl)cccc2Cl)c1OC(=O)O. The molecule has 10 heteroatoms. The van der Waals surface area contributed by atoms with Gasteiger partial charge in [0.25, 0.3) is 0 Å². The maximum Gasteiger partial charge on any atom is 0.511 e. The van der Waals surface area contributed by atoms with Crippen molar-refractivity contribution < 1.29 is 24.0 Å². The highest BCUT2D eigenvalue weighted by molar-refractivity contribution is 6.39. The molecule has 4 rings (SSSR count). The molecule has 2 aromatic carbocycles. The number of aryl methyl sites for hydroxylation is 1. The lowest BCUT2D eigenvalue weighted by Gasteiger charge is -2.45. The van der Waals surface area contributed by atoms with E-state index in [0.29, 0.717) is 15.6 Å². The predicted molar refractivity (Wildman–Crippen MR) is 138 cm³/mol. The number of amides is 1. The van der Waals surface area contributed by atoms with E-state index < -0.39 is 6.16 Å². The fourth-order valence-corrected chi connectivity index (χ4v) is 5.15. The number of primary amides is 1. The first-order valence-electron chi connectivity index (χ1n) is 11.4. The van der Waals surface area contributed by atoms with E-state index in [4.69, 9.17) is 38.6 Å². The van der Waals surface area contributed by atoms with Crippen LogP contribution < -0.4 is 10.5 Å². The first-order chi connectivity index (χ1) is 17.1. The number of nitrogens with zero attached hydrogens (tertiary/aromatic N) is 2. The molecule has 1 aliphatic rings. The third-order valence-corrected chi connectivity index (χ3v) is 7.21. The quantitative estimate of drug-likeness (QED) is 0.378. The Labute approximate surface area is 219 Å². The molecular formula is C26H29Cl2N3O5. The van der Waals surface area contributed by atoms with Crippen LogP contribution in [-0.2, 0) is 10.3 Å². The van der Waals surface area contributed by atoms with E-state index in [2.05, 4.69) is 53.2 Å². The lowest BCUT2D eigenvalue weighted by atomic mass is 9.72. The van der Waals surface area contributed by atoms with Gasteiger partial charge in [0.2, 0.25) is 11.7 Å². The van der Waals surface area contributed by atoms with Crippen molar-refractivity contribution in [2.75, 3.05) is 14.1 Å². The molecular weight excluding hydrogens is 505 g/mol. The summed E-state index contributed by atoms with van der Waals surface area (Å²) in [5.74, 6) is 0.123. The summed E-state index contributed by atoms with van der Waals surface area (Å²) < 4.78 is 9.53. The molecule has 3 N–H and O–H groups in total. The largest absolute Gasteiger partial charge is 0.511 e. The number of hydrogen-bond acceptors (Lipinski definition) is 6. The Bertz CT molecular complexity index is 1190. The minimum Gasteiger partial charge on any atom is -0.449 e. The molecule has 0 spiro atoms. The van der Waals surface area contributed by atoms with Gasteiger partial charge in [-0.15, -0.1) is 0 Å². The number of carbonyl (C=O) groups is 2. The van der Waals surface area contributed by atoms with E-state index in [-0.39, 0.29) is 34.6 Å². The van der Waals surface area contributed by atoms with Crippen LogP contribution in [0.1, 0.15) is 37.0 Å². The average Bonchev–Trinajstić information content (AvgIpc) is 3.19. The first-order valence-corrected chi connectivity index (χ1v) is 12.2. The van der Waals surface area contributed by atoms with E-state index in [1.807, 2.05) is 6.07 Å². The van der Waals surface area contributed by atoms with Crippen molar-refractivity contribution in [1.82, 2.24) is 10.1 Å². The number of aromatic nitrogens is 1. The van der Waals surface area contributed by atoms with Gasteiger partial charge in [-0.05, 0) is 57.5 Å². The monoisotopic (exact) mass is 533 g/mol. The Kier molecular flexibility index (Phi) is 9.00. The molecule has 0 unspecified atom stereocenters. The molecule has 0 radical (unpaired) electrons. The van der Waals surface area contributed by atoms with Gasteiger partial charge < -0.3 is 20.1 Å². The second-order valence-electron chi connectivity index (χ2n) is 8.85. The molecule has 192 valence electrons. The van der Waals surface area contributed by atoms with Crippen LogP contribution in [0.3, 0.4) is 0 Å². The van der Waals surface area contributed by atoms with Gasteiger partial charge >= 0.3 is 6.16 Å². The normalized spacial score (nSPS) is 19.3. The minimum absolute atomic E-state index is 0.0162. The van der Waals surface area contributed by atoms with Crippen LogP contribution in [0, 0.1) is 12.8 Å². The Balaban J connectivity index is 0.000000201. The smallest absolute Gasteiger partial charge is 0.449 e. The van der Waals surface area contributed by atoms with E-state index in [0.717, 1.165) is 25.7 Å². The molecule has 1 aliphatic carbocycles. The van der Waals surface area contributed by atoms with E-state index in [1.165, 1.54) is 12.5 Å². The summed E-state index contributed by atoms with van der Waals surface area (Å²) in [6.45, 7) is 1.53. The highest BCUT2D eigenvalue weighted by Gasteiger charge is 2.39. The molecule has 0 bridgehead atoms. The summed E-state index contributed by atoms with van der Waals surface area (Å²) in [6, 6.07) is 15.5. The number of ether oxygens (including phenoxy) is 1. The molecule has 1 heterocycles. The van der Waals surface area contributed by atoms with Gasteiger partial charge in [0, 0.05) is 23.9 Å². The average molecular weight is 534 g/mol. The first kappa shape index (κ1) is 27.5. The minimum atomic E-state index is -1.47. The number of hydrogen-bond donors (Lipinski definition) is 2. The predicted octanol–water partition coefficient (Wildman–Crippen LogP) is 6.13. The number of benzene rings is 2. The Morgan fingerprint density at radius 2 is 1.67 bits per heavy atom. The molecule has 0 saturated heterocycles. The van der Waals surface area contributed by atoms with Crippen LogP contribution >= 0.6 is 23.2 Å². The van der Waals surface area contributed by atoms with Gasteiger partial charge in [0.15, 0.2) is 11.5 Å². The van der Waals surface area contributed by atoms with E-state index in [1.54, 1.807) is 18.2 Å². The Morgan fingerprint density at radius 1 is 1.08 bits per heavy atom. The van der Waals surface area contributed by atoms with Gasteiger partial charge in [0.05, 0.1) is 10.0 Å². The topological polar surface area (TPSA) is 119 Å². The van der Waals surface area contributed by atoms with Crippen molar-refractivity contribution in [3.05, 3.63) is 69.9 Å². The summed E-state index contributed by atoms with van der Waals surface area (Å²) >= 11 is 12.0. The van der Waals surface area contributed by atoms with Crippen LogP contribution in [0.25, 0.3) is 11.3 Å². The summed E-state index contributed by atoms with van der Waals surface area (Å²) in [5.41, 5.74) is 7.35. The van der Waals surface area contributed by atoms with Crippen molar-refractivity contribution in [1.29, 1.82) is 0 Å². The molecule has 0 atom stereocenters. The van der Waals surface area contributed by atoms with Crippen LogP contribution in [0.5, 0.6) is 5.75 Å². The maximum atomic E-state index is 11.3. The van der Waals surface area contributed by atoms with Crippen LogP contribution in [0.4, 0.5) is 4.79 Å². The number of rotatable bonds is 5. The second kappa shape index (κ2) is 11.8. The van der Waals surface area contributed by atoms with Gasteiger partial charge in [-0.25, -0.2) is 4.79 Å². The molecule has 36 heavy (non-hydrogen) atoms. The molecule has 1 fully saturated rings. The fraction of sp³-hybridized carbons (Fsp3) is 0.346. The number of halogens is 2. The van der Waals surface area contributed by atoms with Crippen molar-refractivity contribution in [2.24, 2.45) is 11.7 Å². The van der Waals surface area contributed by atoms with Crippen molar-refractivity contribution in [2.45, 2.75) is 38.1 Å². The zero-order chi connectivity index (χ0) is 26.5. The molecule has 1 saturated carbocycles. The van der Waals surface area contributed by atoms with Crippen LogP contribution in [0.2, 0.25) is 10.0 Å². The van der Waals surface area contributed by atoms with Gasteiger partial charge in [0.1, 0.15) is 0 Å². The summed E-state index contributed by atoms with van der Waals surface area (Å²) in [5, 5.41) is 13.0. The molecule has 8 nitrogen and oxygen atoms in total. The fourth-order valence-electron chi connectivity index (χ4n) is 4.58. The van der Waals surface area contributed by atoms with E-state index >= 15 is 0 Å². The zero-order valence-electron chi connectivity index (χ0n) is 20.3. The number of carboxylic acid groups (broad SMARTS) is 1. The van der Waals surface area contributed by atoms with Crippen molar-refractivity contribution in [3.8, 4) is 17.0 Å². The lowest BCUT2D eigenvalue weighted by molar-refractivity contribution is -0.123. The highest BCUT2D eigenvalue weighted by Crippen LogP contribution is 2.43. The van der Waals surface area contributed by atoms with Crippen LogP contribution in [-0.4, -0.2) is 41.3 Å². The molecule has 1 aromatic heterocycles. The van der Waals surface area contributed by atoms with E-state index in [9.17, 15) is 9.59 Å². The third kappa shape index (κ3) is 6.00. The van der Waals surface area contributed by atoms with Gasteiger partial charge in [-0.2, -0.15) is 0 Å². The lowest BCUT2D eigenvalue weighted by Crippen LogP contribution is -2.45. The number of carbonyl (C=O) groups excluding carboxylic acids is 1. The maximum absolute atomic E-state index is 11.3. The summed E-state index contributed by atoms with van der Waals surface area (Å²) in [7, 11) is 4.25. The third-order valence-electron chi connectivity index (χ3n) is 6.58.